The number of hydrogen-bond acceptors (Lipinski definition) is 10. The Bertz CT molecular complexity index is 950. The normalized spacial score (nSPS) is 20.6. The molecule has 1 saturated heterocycles. The van der Waals surface area contributed by atoms with Gasteiger partial charge >= 0.3 is 23.5 Å². The first-order valence-corrected chi connectivity index (χ1v) is 13.1. The second kappa shape index (κ2) is 13.1. The number of nitrogen functional groups attached to an aromatic ring is 1. The molecule has 0 spiro atoms. The molecular weight excluding hydrogens is 539 g/mol. The Labute approximate surface area is 189 Å². The molecule has 3 atom stereocenters. The number of aliphatic hydroxyl groups excluding tert-OH is 1. The summed E-state index contributed by atoms with van der Waals surface area (Å²) in [5.41, 5.74) is 6.92. The Balaban J connectivity index is 0.000000564. The highest BCUT2D eigenvalue weighted by molar-refractivity contribution is 7.81. The number of aromatic nitrogens is 4. The van der Waals surface area contributed by atoms with E-state index in [0.29, 0.717) is 23.4 Å². The molecule has 3 rings (SSSR count). The molecule has 0 saturated carbocycles. The SMILES string of the molecule is Nc1ncnc2c1ncn2[C@H]1CC(S)[C@@H](CO)O1.O=P(O)(O)O.O=P(O)(O)O.O=P(O)(O)O. The van der Waals surface area contributed by atoms with Crippen molar-refractivity contribution in [3.05, 3.63) is 12.7 Å². The van der Waals surface area contributed by atoms with Crippen LogP contribution in [0.5, 0.6) is 0 Å². The molecule has 12 N–H and O–H groups in total. The molecule has 2 aromatic heterocycles. The van der Waals surface area contributed by atoms with Crippen LogP contribution < -0.4 is 5.73 Å². The van der Waals surface area contributed by atoms with Gasteiger partial charge in [0.15, 0.2) is 11.5 Å². The third kappa shape index (κ3) is 16.3. The van der Waals surface area contributed by atoms with Crippen LogP contribution in [-0.2, 0) is 18.4 Å². The molecule has 23 heteroatoms. The lowest BCUT2D eigenvalue weighted by Crippen LogP contribution is -2.20. The molecule has 0 aromatic carbocycles. The summed E-state index contributed by atoms with van der Waals surface area (Å²) in [7, 11) is -13.9. The van der Waals surface area contributed by atoms with E-state index in [1.54, 1.807) is 10.9 Å². The molecular formula is C10H22N5O14P3S. The third-order valence-electron chi connectivity index (χ3n) is 3.08. The number of hydrogen-bond donors (Lipinski definition) is 12. The first-order chi connectivity index (χ1) is 14.7. The van der Waals surface area contributed by atoms with Gasteiger partial charge in [0.1, 0.15) is 18.1 Å². The van der Waals surface area contributed by atoms with Crippen LogP contribution >= 0.6 is 36.1 Å². The fraction of sp³-hybridized carbons (Fsp3) is 0.500. The van der Waals surface area contributed by atoms with Crippen molar-refractivity contribution in [1.82, 2.24) is 19.5 Å². The predicted octanol–water partition coefficient (Wildman–Crippen LogP) is -2.80. The Morgan fingerprint density at radius 2 is 1.42 bits per heavy atom. The molecule has 2 aromatic rings. The first-order valence-electron chi connectivity index (χ1n) is 7.93. The van der Waals surface area contributed by atoms with Gasteiger partial charge in [0.05, 0.1) is 19.0 Å². The van der Waals surface area contributed by atoms with Crippen LogP contribution in [0.25, 0.3) is 11.2 Å². The van der Waals surface area contributed by atoms with Crippen LogP contribution in [0.2, 0.25) is 0 Å². The summed E-state index contributed by atoms with van der Waals surface area (Å²) < 4.78 is 34.2. The molecule has 0 bridgehead atoms. The maximum Gasteiger partial charge on any atom is 0.466 e. The minimum Gasteiger partial charge on any atom is -0.394 e. The van der Waals surface area contributed by atoms with E-state index >= 15 is 0 Å². The number of aliphatic hydroxyl groups is 1. The number of phosphoric acid groups is 3. The van der Waals surface area contributed by atoms with Gasteiger partial charge in [-0.2, -0.15) is 12.6 Å². The Hall–Kier alpha value is -1.05. The number of ether oxygens (including phenoxy) is 1. The molecule has 1 unspecified atom stereocenters. The average molecular weight is 561 g/mol. The Kier molecular flexibility index (Phi) is 12.7. The van der Waals surface area contributed by atoms with Crippen molar-refractivity contribution in [1.29, 1.82) is 0 Å². The molecule has 1 aliphatic rings. The van der Waals surface area contributed by atoms with Gasteiger partial charge in [-0.15, -0.1) is 0 Å². The number of nitrogens with zero attached hydrogens (tertiary/aromatic N) is 4. The van der Waals surface area contributed by atoms with E-state index in [9.17, 15) is 0 Å². The van der Waals surface area contributed by atoms with E-state index in [-0.39, 0.29) is 24.2 Å². The smallest absolute Gasteiger partial charge is 0.394 e. The Morgan fingerprint density at radius 3 is 1.82 bits per heavy atom. The quantitative estimate of drug-likeness (QED) is 0.130. The highest BCUT2D eigenvalue weighted by atomic mass is 32.1. The van der Waals surface area contributed by atoms with Gasteiger partial charge in [-0.05, 0) is 0 Å². The molecule has 0 aliphatic carbocycles. The molecule has 19 nitrogen and oxygen atoms in total. The molecule has 1 fully saturated rings. The maximum absolute atomic E-state index is 9.16. The summed E-state index contributed by atoms with van der Waals surface area (Å²) in [6.45, 7) is -0.0472. The van der Waals surface area contributed by atoms with Gasteiger partial charge in [-0.3, -0.25) is 4.57 Å². The van der Waals surface area contributed by atoms with E-state index in [1.165, 1.54) is 6.33 Å². The zero-order valence-electron chi connectivity index (χ0n) is 16.1. The summed E-state index contributed by atoms with van der Waals surface area (Å²) >= 11 is 4.40. The zero-order valence-corrected chi connectivity index (χ0v) is 19.6. The van der Waals surface area contributed by atoms with Gasteiger partial charge in [-0.1, -0.05) is 0 Å². The van der Waals surface area contributed by atoms with Crippen LogP contribution in [0.15, 0.2) is 12.7 Å². The number of rotatable bonds is 2. The standard InChI is InChI=1S/C10H13N5O2S.3H3O4P/c11-9-8-10(13-3-12-9)15(4-14-8)7-1-6(18)5(2-16)17-7;3*1-5(2,3)4/h3-7,16,18H,1-2H2,(H2,11,12,13);3*(H3,1,2,3,4)/t5-,6?,7-;;;/m1.../s1. The van der Waals surface area contributed by atoms with Gasteiger partial charge in [-0.25, -0.2) is 28.6 Å². The van der Waals surface area contributed by atoms with E-state index in [0.717, 1.165) is 0 Å². The molecule has 0 amide bonds. The van der Waals surface area contributed by atoms with Crippen LogP contribution in [0.3, 0.4) is 0 Å². The van der Waals surface area contributed by atoms with Crippen molar-refractivity contribution in [3.63, 3.8) is 0 Å². The number of fused-ring (bicyclic) bond motifs is 1. The number of anilines is 1. The van der Waals surface area contributed by atoms with E-state index in [2.05, 4.69) is 27.6 Å². The van der Waals surface area contributed by atoms with Crippen LogP contribution in [-0.4, -0.2) is 86.6 Å². The van der Waals surface area contributed by atoms with E-state index in [1.807, 2.05) is 0 Å². The number of imidazole rings is 1. The topological polar surface area (TPSA) is 332 Å². The van der Waals surface area contributed by atoms with Crippen LogP contribution in [0, 0.1) is 0 Å². The van der Waals surface area contributed by atoms with Gasteiger partial charge < -0.3 is 59.6 Å². The maximum atomic E-state index is 9.16. The molecule has 3 heterocycles. The van der Waals surface area contributed by atoms with Crippen molar-refractivity contribution in [2.45, 2.75) is 24.0 Å². The third-order valence-corrected chi connectivity index (χ3v) is 3.62. The highest BCUT2D eigenvalue weighted by Crippen LogP contribution is 2.33. The summed E-state index contributed by atoms with van der Waals surface area (Å²) in [4.78, 5) is 76.9. The zero-order chi connectivity index (χ0) is 26.2. The monoisotopic (exact) mass is 561 g/mol. The van der Waals surface area contributed by atoms with Crippen LogP contribution in [0.1, 0.15) is 12.6 Å². The predicted molar refractivity (Wildman–Crippen MR) is 111 cm³/mol. The first kappa shape index (κ1) is 31.9. The molecule has 1 aliphatic heterocycles. The Morgan fingerprint density at radius 1 is 0.970 bits per heavy atom. The lowest BCUT2D eigenvalue weighted by atomic mass is 10.2. The molecule has 0 radical (unpaired) electrons. The average Bonchev–Trinajstić information content (AvgIpc) is 3.14. The fourth-order valence-electron chi connectivity index (χ4n) is 2.13. The summed E-state index contributed by atoms with van der Waals surface area (Å²) in [6.07, 6.45) is 3.20. The van der Waals surface area contributed by atoms with Crippen LogP contribution in [0.4, 0.5) is 5.82 Å². The van der Waals surface area contributed by atoms with Crippen molar-refractivity contribution in [2.24, 2.45) is 0 Å². The lowest BCUT2D eigenvalue weighted by molar-refractivity contribution is -0.0197. The van der Waals surface area contributed by atoms with Gasteiger partial charge in [0.2, 0.25) is 0 Å². The molecule has 192 valence electrons. The van der Waals surface area contributed by atoms with E-state index < -0.39 is 23.5 Å². The minimum atomic E-state index is -4.64. The molecule has 33 heavy (non-hydrogen) atoms. The summed E-state index contributed by atoms with van der Waals surface area (Å²) in [5, 5.41) is 9.16. The van der Waals surface area contributed by atoms with Crippen molar-refractivity contribution >= 4 is 53.1 Å². The van der Waals surface area contributed by atoms with Crippen molar-refractivity contribution in [3.8, 4) is 0 Å². The minimum absolute atomic E-state index is 0.00312. The second-order valence-corrected chi connectivity index (χ2v) is 9.48. The fourth-order valence-corrected chi connectivity index (χ4v) is 2.48. The van der Waals surface area contributed by atoms with Crippen molar-refractivity contribution < 1.29 is 67.6 Å². The van der Waals surface area contributed by atoms with Crippen molar-refractivity contribution in [2.75, 3.05) is 12.3 Å². The van der Waals surface area contributed by atoms with Gasteiger partial charge in [0.25, 0.3) is 0 Å². The largest absolute Gasteiger partial charge is 0.466 e. The number of nitrogens with two attached hydrogens (primary N) is 1. The number of thiol groups is 1. The summed E-state index contributed by atoms with van der Waals surface area (Å²) in [5.74, 6) is 0.345. The van der Waals surface area contributed by atoms with E-state index in [4.69, 9.17) is 73.3 Å². The highest BCUT2D eigenvalue weighted by Gasteiger charge is 2.34. The lowest BCUT2D eigenvalue weighted by Gasteiger charge is -2.13. The second-order valence-electron chi connectivity index (χ2n) is 5.74. The summed E-state index contributed by atoms with van der Waals surface area (Å²) in [6, 6.07) is 0. The van der Waals surface area contributed by atoms with Gasteiger partial charge in [0, 0.05) is 11.7 Å².